The van der Waals surface area contributed by atoms with E-state index >= 15 is 0 Å². The number of fused-ring (bicyclic) bond motifs is 1. The van der Waals surface area contributed by atoms with Gasteiger partial charge >= 0.3 is 0 Å². The van der Waals surface area contributed by atoms with Crippen LogP contribution in [0.25, 0.3) is 5.69 Å². The maximum atomic E-state index is 14.4. The van der Waals surface area contributed by atoms with Gasteiger partial charge in [-0.05, 0) is 55.7 Å². The van der Waals surface area contributed by atoms with Gasteiger partial charge in [-0.2, -0.15) is 0 Å². The highest BCUT2D eigenvalue weighted by Gasteiger charge is 2.34. The first-order chi connectivity index (χ1) is 16.9. The second-order valence-corrected chi connectivity index (χ2v) is 8.50. The molecule has 3 amide bonds. The Kier molecular flexibility index (Phi) is 5.72. The molecule has 0 unspecified atom stereocenters. The number of hydrogen-bond acceptors (Lipinski definition) is 5. The van der Waals surface area contributed by atoms with Crippen molar-refractivity contribution in [3.63, 3.8) is 0 Å². The topological polar surface area (TPSA) is 96.8 Å². The number of aromatic nitrogens is 2. The molecule has 0 aliphatic carbocycles. The minimum absolute atomic E-state index is 0.0704. The van der Waals surface area contributed by atoms with Gasteiger partial charge < -0.3 is 19.9 Å². The van der Waals surface area contributed by atoms with Crippen molar-refractivity contribution >= 4 is 35.4 Å². The summed E-state index contributed by atoms with van der Waals surface area (Å²) in [5.41, 5.74) is 3.59. The van der Waals surface area contributed by atoms with E-state index in [2.05, 4.69) is 10.4 Å². The molecule has 5 rings (SSSR count). The lowest BCUT2D eigenvalue weighted by molar-refractivity contribution is -0.117. The van der Waals surface area contributed by atoms with E-state index in [1.807, 2.05) is 25.1 Å². The lowest BCUT2D eigenvalue weighted by Gasteiger charge is -2.29. The summed E-state index contributed by atoms with van der Waals surface area (Å²) in [6.07, 6.45) is 2.32. The minimum atomic E-state index is -0.595. The van der Waals surface area contributed by atoms with Crippen molar-refractivity contribution in [1.82, 2.24) is 9.78 Å². The Morgan fingerprint density at radius 1 is 1.06 bits per heavy atom. The molecule has 2 aliphatic heterocycles. The fourth-order valence-corrected chi connectivity index (χ4v) is 4.77. The molecule has 2 aliphatic rings. The zero-order valence-electron chi connectivity index (χ0n) is 19.4. The van der Waals surface area contributed by atoms with Crippen molar-refractivity contribution in [2.24, 2.45) is 0 Å². The average Bonchev–Trinajstić information content (AvgIpc) is 3.43. The van der Waals surface area contributed by atoms with Crippen LogP contribution in [0.15, 0.2) is 36.4 Å². The maximum Gasteiger partial charge on any atom is 0.277 e. The van der Waals surface area contributed by atoms with E-state index in [0.717, 1.165) is 17.7 Å². The number of benzene rings is 2. The Labute approximate surface area is 201 Å². The number of amides is 3. The highest BCUT2D eigenvalue weighted by atomic mass is 19.1. The first-order valence-electron chi connectivity index (χ1n) is 11.3. The predicted octanol–water partition coefficient (Wildman–Crippen LogP) is 3.23. The van der Waals surface area contributed by atoms with Crippen LogP contribution in [-0.2, 0) is 16.0 Å². The summed E-state index contributed by atoms with van der Waals surface area (Å²) in [4.78, 5) is 40.5. The van der Waals surface area contributed by atoms with Crippen molar-refractivity contribution in [2.75, 3.05) is 35.3 Å². The van der Waals surface area contributed by atoms with E-state index in [1.54, 1.807) is 15.9 Å². The Bertz CT molecular complexity index is 1350. The van der Waals surface area contributed by atoms with E-state index in [1.165, 1.54) is 23.9 Å². The van der Waals surface area contributed by atoms with Crippen LogP contribution in [0.1, 0.15) is 34.5 Å². The molecular formula is C25H24FN5O4. The number of anilines is 3. The Morgan fingerprint density at radius 2 is 1.86 bits per heavy atom. The van der Waals surface area contributed by atoms with Gasteiger partial charge in [-0.1, -0.05) is 0 Å². The van der Waals surface area contributed by atoms with Crippen LogP contribution in [0.3, 0.4) is 0 Å². The summed E-state index contributed by atoms with van der Waals surface area (Å²) >= 11 is 0. The molecule has 9 nitrogen and oxygen atoms in total. The summed E-state index contributed by atoms with van der Waals surface area (Å²) in [6.45, 7) is 2.99. The Balaban J connectivity index is 1.54. The predicted molar refractivity (Wildman–Crippen MR) is 128 cm³/mol. The molecule has 0 radical (unpaired) electrons. The average molecular weight is 477 g/mol. The fraction of sp³-hybridized carbons (Fsp3) is 0.280. The minimum Gasteiger partial charge on any atom is -0.494 e. The second kappa shape index (κ2) is 8.86. The molecule has 180 valence electrons. The quantitative estimate of drug-likeness (QED) is 0.550. The van der Waals surface area contributed by atoms with E-state index in [9.17, 15) is 18.8 Å². The van der Waals surface area contributed by atoms with Crippen LogP contribution >= 0.6 is 0 Å². The van der Waals surface area contributed by atoms with E-state index < -0.39 is 5.82 Å². The third-order valence-electron chi connectivity index (χ3n) is 6.45. The molecule has 1 N–H and O–H groups in total. The molecule has 10 heteroatoms. The fourth-order valence-electron chi connectivity index (χ4n) is 4.77. The number of carbonyl (C=O) groups excluding carboxylic acids is 3. The molecule has 1 saturated heterocycles. The van der Waals surface area contributed by atoms with Crippen LogP contribution in [0.5, 0.6) is 5.75 Å². The molecule has 0 bridgehead atoms. The van der Waals surface area contributed by atoms with Crippen LogP contribution in [0, 0.1) is 12.7 Å². The zero-order valence-corrected chi connectivity index (χ0v) is 19.4. The van der Waals surface area contributed by atoms with E-state index in [4.69, 9.17) is 4.74 Å². The number of aryl methyl sites for hydroxylation is 1. The lowest BCUT2D eigenvalue weighted by Crippen LogP contribution is -2.39. The molecule has 3 aromatic rings. The molecule has 2 aromatic carbocycles. The van der Waals surface area contributed by atoms with E-state index in [0.29, 0.717) is 49.3 Å². The molecule has 0 spiro atoms. The molecular weight excluding hydrogens is 453 g/mol. The molecule has 35 heavy (non-hydrogen) atoms. The summed E-state index contributed by atoms with van der Waals surface area (Å²) in [5.74, 6) is -0.482. The number of carbonyl (C=O) groups is 3. The van der Waals surface area contributed by atoms with Gasteiger partial charge in [0.05, 0.1) is 12.8 Å². The summed E-state index contributed by atoms with van der Waals surface area (Å²) in [7, 11) is 1.37. The first-order valence-corrected chi connectivity index (χ1v) is 11.3. The van der Waals surface area contributed by atoms with Crippen molar-refractivity contribution in [1.29, 1.82) is 0 Å². The summed E-state index contributed by atoms with van der Waals surface area (Å²) in [6, 6.07) is 9.87. The van der Waals surface area contributed by atoms with Gasteiger partial charge in [0.2, 0.25) is 12.3 Å². The highest BCUT2D eigenvalue weighted by Crippen LogP contribution is 2.34. The van der Waals surface area contributed by atoms with Crippen molar-refractivity contribution in [2.45, 2.75) is 26.2 Å². The van der Waals surface area contributed by atoms with Crippen LogP contribution in [-0.4, -0.2) is 48.2 Å². The second-order valence-electron chi connectivity index (χ2n) is 8.50. The Hall–Kier alpha value is -4.21. The molecule has 1 aromatic heterocycles. The third kappa shape index (κ3) is 3.80. The molecule has 1 fully saturated rings. The smallest absolute Gasteiger partial charge is 0.277 e. The van der Waals surface area contributed by atoms with Gasteiger partial charge in [-0.3, -0.25) is 14.4 Å². The first kappa shape index (κ1) is 22.6. The largest absolute Gasteiger partial charge is 0.494 e. The van der Waals surface area contributed by atoms with Gasteiger partial charge in [0.25, 0.3) is 5.91 Å². The molecule has 0 atom stereocenters. The van der Waals surface area contributed by atoms with E-state index in [-0.39, 0.29) is 29.1 Å². The van der Waals surface area contributed by atoms with Gasteiger partial charge in [0, 0.05) is 42.5 Å². The monoisotopic (exact) mass is 477 g/mol. The number of hydrogen-bond donors (Lipinski definition) is 1. The van der Waals surface area contributed by atoms with Crippen molar-refractivity contribution < 1.29 is 23.5 Å². The van der Waals surface area contributed by atoms with Crippen LogP contribution in [0.2, 0.25) is 0 Å². The molecule has 3 heterocycles. The zero-order chi connectivity index (χ0) is 24.7. The van der Waals surface area contributed by atoms with Gasteiger partial charge in [-0.25, -0.2) is 9.07 Å². The number of ether oxygens (including phenoxy) is 1. The highest BCUT2D eigenvalue weighted by molar-refractivity contribution is 6.09. The van der Waals surface area contributed by atoms with Crippen LogP contribution in [0.4, 0.5) is 21.6 Å². The Morgan fingerprint density at radius 3 is 2.51 bits per heavy atom. The van der Waals surface area contributed by atoms with Gasteiger partial charge in [0.15, 0.2) is 17.4 Å². The van der Waals surface area contributed by atoms with Crippen molar-refractivity contribution in [3.8, 4) is 11.4 Å². The number of nitrogens with one attached hydrogen (secondary N) is 1. The van der Waals surface area contributed by atoms with Crippen molar-refractivity contribution in [3.05, 3.63) is 59.0 Å². The van der Waals surface area contributed by atoms with Gasteiger partial charge in [-0.15, -0.1) is 5.10 Å². The standard InChI is InChI=1S/C25H24FN5O4/c1-15-12-16(5-7-20(15)30-10-3-4-22(30)33)29-11-9-18-23(25(29)34)31(28-24(18)27-14-32)17-6-8-21(35-2)19(26)13-17/h5-8,12-14H,3-4,9-11H2,1-2H3,(H,27,28,32). The lowest BCUT2D eigenvalue weighted by atomic mass is 10.0. The number of rotatable bonds is 6. The normalized spacial score (nSPS) is 15.4. The summed E-state index contributed by atoms with van der Waals surface area (Å²) < 4.78 is 20.8. The summed E-state index contributed by atoms with van der Waals surface area (Å²) in [5, 5.41) is 6.95. The number of halogens is 1. The SMILES string of the molecule is COc1ccc(-n2nc(NC=O)c3c2C(=O)N(c2ccc(N4CCCC4=O)c(C)c2)CC3)cc1F. The third-order valence-corrected chi connectivity index (χ3v) is 6.45. The molecule has 0 saturated carbocycles. The number of methoxy groups -OCH3 is 1. The van der Waals surface area contributed by atoms with Crippen LogP contribution < -0.4 is 19.9 Å². The maximum absolute atomic E-state index is 14.4. The van der Waals surface area contributed by atoms with Gasteiger partial charge in [0.1, 0.15) is 5.69 Å². The number of nitrogens with zero attached hydrogens (tertiary/aromatic N) is 4.